The third-order valence-corrected chi connectivity index (χ3v) is 9.82. The highest BCUT2D eigenvalue weighted by atomic mass is 32.2. The molecule has 1 N–H and O–H groups in total. The lowest BCUT2D eigenvalue weighted by atomic mass is 9.75. The first-order chi connectivity index (χ1) is 14.7. The smallest absolute Gasteiger partial charge is 0.305 e. The molecule has 30 heavy (non-hydrogen) atoms. The van der Waals surface area contributed by atoms with Crippen LogP contribution in [0.1, 0.15) is 46.7 Å². The van der Waals surface area contributed by atoms with Gasteiger partial charge in [-0.3, -0.25) is 4.79 Å². The summed E-state index contributed by atoms with van der Waals surface area (Å²) in [5.74, 6) is 3.53. The molecular formula is C25H25NO2S2. The number of H-pyrrole nitrogens is 1. The number of benzene rings is 2. The van der Waals surface area contributed by atoms with Crippen molar-refractivity contribution in [3.05, 3.63) is 79.8 Å². The monoisotopic (exact) mass is 435 g/mol. The van der Waals surface area contributed by atoms with Crippen molar-refractivity contribution >= 4 is 23.1 Å². The molecule has 1 aliphatic heterocycles. The number of ether oxygens (including phenoxy) is 1. The highest BCUT2D eigenvalue weighted by Crippen LogP contribution is 2.63. The van der Waals surface area contributed by atoms with Gasteiger partial charge in [0.2, 0.25) is 0 Å². The lowest BCUT2D eigenvalue weighted by Gasteiger charge is -2.40. The van der Waals surface area contributed by atoms with Gasteiger partial charge >= 0.3 is 4.87 Å². The molecule has 2 aliphatic carbocycles. The van der Waals surface area contributed by atoms with Gasteiger partial charge in [-0.2, -0.15) is 0 Å². The molecule has 2 heterocycles. The van der Waals surface area contributed by atoms with Crippen molar-refractivity contribution in [1.82, 2.24) is 4.98 Å². The van der Waals surface area contributed by atoms with E-state index in [9.17, 15) is 4.79 Å². The summed E-state index contributed by atoms with van der Waals surface area (Å²) in [4.78, 5) is 16.6. The van der Waals surface area contributed by atoms with Crippen LogP contribution in [0, 0.1) is 24.7 Å². The van der Waals surface area contributed by atoms with E-state index < -0.39 is 0 Å². The van der Waals surface area contributed by atoms with Gasteiger partial charge in [0.25, 0.3) is 0 Å². The van der Waals surface area contributed by atoms with Crippen LogP contribution >= 0.6 is 23.1 Å². The molecular weight excluding hydrogens is 410 g/mol. The van der Waals surface area contributed by atoms with Gasteiger partial charge in [-0.25, -0.2) is 0 Å². The number of thiazole rings is 1. The second-order valence-corrected chi connectivity index (χ2v) is 11.2. The number of nitrogens with one attached hydrogen (secondary N) is 1. The lowest BCUT2D eigenvalue weighted by molar-refractivity contribution is 0.302. The van der Waals surface area contributed by atoms with Gasteiger partial charge < -0.3 is 9.72 Å². The summed E-state index contributed by atoms with van der Waals surface area (Å²) in [6, 6.07) is 17.1. The predicted octanol–water partition coefficient (Wildman–Crippen LogP) is 5.98. The Labute approximate surface area is 184 Å². The molecule has 0 saturated heterocycles. The Morgan fingerprint density at radius 3 is 2.77 bits per heavy atom. The number of fused-ring (bicyclic) bond motifs is 6. The van der Waals surface area contributed by atoms with Crippen LogP contribution in [0.5, 0.6) is 5.75 Å². The number of aromatic nitrogens is 1. The average molecular weight is 436 g/mol. The molecule has 2 saturated carbocycles. The highest BCUT2D eigenvalue weighted by molar-refractivity contribution is 8.00. The Bertz CT molecular complexity index is 1130. The van der Waals surface area contributed by atoms with Gasteiger partial charge in [-0.1, -0.05) is 53.3 Å². The molecule has 154 valence electrons. The van der Waals surface area contributed by atoms with Crippen LogP contribution in [0.15, 0.2) is 58.4 Å². The van der Waals surface area contributed by atoms with Crippen molar-refractivity contribution in [1.29, 1.82) is 0 Å². The third kappa shape index (κ3) is 3.14. The van der Waals surface area contributed by atoms with Crippen LogP contribution in [-0.2, 0) is 6.61 Å². The summed E-state index contributed by atoms with van der Waals surface area (Å²) in [7, 11) is 0. The minimum Gasteiger partial charge on any atom is -0.489 e. The predicted molar refractivity (Wildman–Crippen MR) is 123 cm³/mol. The number of hydrogen-bond donors (Lipinski definition) is 1. The Balaban J connectivity index is 1.28. The Hall–Kier alpha value is -1.98. The van der Waals surface area contributed by atoms with Gasteiger partial charge in [0.05, 0.1) is 5.03 Å². The first-order valence-corrected chi connectivity index (χ1v) is 12.5. The second kappa shape index (κ2) is 7.31. The molecule has 5 heteroatoms. The summed E-state index contributed by atoms with van der Waals surface area (Å²) in [5.41, 5.74) is 3.77. The maximum atomic E-state index is 12.2. The van der Waals surface area contributed by atoms with E-state index in [1.54, 1.807) is 0 Å². The van der Waals surface area contributed by atoms with E-state index in [0.717, 1.165) is 22.6 Å². The second-order valence-electron chi connectivity index (χ2n) is 9.03. The van der Waals surface area contributed by atoms with Gasteiger partial charge in [0.15, 0.2) is 0 Å². The summed E-state index contributed by atoms with van der Waals surface area (Å²) >= 11 is 3.37. The van der Waals surface area contributed by atoms with Crippen molar-refractivity contribution in [2.45, 2.75) is 49.0 Å². The maximum Gasteiger partial charge on any atom is 0.305 e. The summed E-state index contributed by atoms with van der Waals surface area (Å²) in [6.45, 7) is 2.69. The fraction of sp³-hybridized carbons (Fsp3) is 0.400. The van der Waals surface area contributed by atoms with Crippen LogP contribution in [0.2, 0.25) is 0 Å². The van der Waals surface area contributed by atoms with Gasteiger partial charge in [0, 0.05) is 16.0 Å². The molecule has 0 spiro atoms. The van der Waals surface area contributed by atoms with E-state index in [4.69, 9.17) is 4.74 Å². The zero-order valence-corrected chi connectivity index (χ0v) is 18.6. The van der Waals surface area contributed by atoms with Crippen molar-refractivity contribution in [3.63, 3.8) is 0 Å². The number of thioether (sulfide) groups is 1. The molecule has 3 nitrogen and oxygen atoms in total. The summed E-state index contributed by atoms with van der Waals surface area (Å²) < 4.78 is 6.04. The largest absolute Gasteiger partial charge is 0.489 e. The average Bonchev–Trinajstić information content (AvgIpc) is 3.45. The molecule has 4 unspecified atom stereocenters. The number of hydrogen-bond acceptors (Lipinski definition) is 4. The van der Waals surface area contributed by atoms with E-state index in [-0.39, 0.29) is 4.87 Å². The van der Waals surface area contributed by atoms with Crippen LogP contribution in [-0.4, -0.2) is 10.2 Å². The van der Waals surface area contributed by atoms with Gasteiger partial charge in [-0.05, 0) is 67.2 Å². The molecule has 0 radical (unpaired) electrons. The lowest BCUT2D eigenvalue weighted by Crippen LogP contribution is -2.33. The van der Waals surface area contributed by atoms with Gasteiger partial charge in [-0.15, -0.1) is 11.8 Å². The van der Waals surface area contributed by atoms with Crippen molar-refractivity contribution < 1.29 is 4.74 Å². The molecule has 6 rings (SSSR count). The molecule has 2 fully saturated rings. The Morgan fingerprint density at radius 2 is 1.93 bits per heavy atom. The van der Waals surface area contributed by atoms with E-state index >= 15 is 0 Å². The van der Waals surface area contributed by atoms with Crippen molar-refractivity contribution in [2.75, 3.05) is 0 Å². The molecule has 3 aromatic rings. The van der Waals surface area contributed by atoms with Crippen LogP contribution in [0.25, 0.3) is 0 Å². The van der Waals surface area contributed by atoms with Crippen molar-refractivity contribution in [2.24, 2.45) is 17.8 Å². The zero-order valence-electron chi connectivity index (χ0n) is 17.0. The quantitative estimate of drug-likeness (QED) is 0.548. The minimum atomic E-state index is 0.0860. The topological polar surface area (TPSA) is 42.1 Å². The third-order valence-electron chi connectivity index (χ3n) is 7.19. The van der Waals surface area contributed by atoms with E-state index in [1.807, 2.05) is 11.8 Å². The number of aromatic amines is 1. The van der Waals surface area contributed by atoms with E-state index in [0.29, 0.717) is 23.7 Å². The van der Waals surface area contributed by atoms with Crippen LogP contribution in [0.4, 0.5) is 0 Å². The maximum absolute atomic E-state index is 12.2. The molecule has 2 aromatic carbocycles. The highest BCUT2D eigenvalue weighted by Gasteiger charge is 2.54. The number of rotatable bonds is 4. The fourth-order valence-corrected chi connectivity index (χ4v) is 8.86. The van der Waals surface area contributed by atoms with E-state index in [1.165, 1.54) is 52.2 Å². The standard InChI is InChI=1S/C25H25NO2S2/c1-14-3-2-4-15(11-14)13-28-19-9-7-16(8-10-19)20-21-17-5-6-18(12-17)22(21)29-24-23(20)30-25(27)26-24/h2-4,7-11,17-18,20-22H,5-6,12-13H2,1H3,(H,26,27)/t17?,18?,20-,21?,22?/m1/s1. The molecule has 2 bridgehead atoms. The molecule has 3 aliphatic rings. The first-order valence-electron chi connectivity index (χ1n) is 10.8. The zero-order chi connectivity index (χ0) is 20.2. The number of aryl methyl sites for hydroxylation is 1. The molecule has 5 atom stereocenters. The van der Waals surface area contributed by atoms with E-state index in [2.05, 4.69) is 60.4 Å². The fourth-order valence-electron chi connectivity index (χ4n) is 5.96. The summed E-state index contributed by atoms with van der Waals surface area (Å²) in [5, 5.41) is 1.78. The van der Waals surface area contributed by atoms with Gasteiger partial charge in [0.1, 0.15) is 12.4 Å². The Morgan fingerprint density at radius 1 is 1.10 bits per heavy atom. The SMILES string of the molecule is Cc1cccc(COc2ccc([C@H]3c4sc(=O)[nH]c4SC4C5CCC(C5)C43)cc2)c1. The van der Waals surface area contributed by atoms with Crippen molar-refractivity contribution in [3.8, 4) is 5.75 Å². The normalized spacial score (nSPS) is 28.9. The first kappa shape index (κ1) is 18.8. The molecule has 1 aromatic heterocycles. The minimum absolute atomic E-state index is 0.0860. The van der Waals surface area contributed by atoms with Crippen LogP contribution in [0.3, 0.4) is 0 Å². The van der Waals surface area contributed by atoms with Crippen LogP contribution < -0.4 is 9.61 Å². The molecule has 0 amide bonds. The Kier molecular flexibility index (Phi) is 4.57. The summed E-state index contributed by atoms with van der Waals surface area (Å²) in [6.07, 6.45) is 4.09.